The van der Waals surface area contributed by atoms with E-state index in [-0.39, 0.29) is 17.4 Å². The predicted octanol–water partition coefficient (Wildman–Crippen LogP) is 1.42. The van der Waals surface area contributed by atoms with Crippen LogP contribution in [0.3, 0.4) is 0 Å². The van der Waals surface area contributed by atoms with Gasteiger partial charge in [0, 0.05) is 13.1 Å². The van der Waals surface area contributed by atoms with Gasteiger partial charge in [-0.15, -0.1) is 0 Å². The quantitative estimate of drug-likeness (QED) is 0.742. The van der Waals surface area contributed by atoms with E-state index in [1.54, 1.807) is 14.2 Å². The molecule has 0 spiro atoms. The van der Waals surface area contributed by atoms with Gasteiger partial charge in [-0.05, 0) is 56.0 Å². The predicted molar refractivity (Wildman–Crippen MR) is 99.1 cm³/mol. The van der Waals surface area contributed by atoms with Crippen molar-refractivity contribution in [1.29, 1.82) is 0 Å². The van der Waals surface area contributed by atoms with Crippen molar-refractivity contribution in [3.05, 3.63) is 23.8 Å². The average Bonchev–Trinajstić information content (AvgIpc) is 3.03. The van der Waals surface area contributed by atoms with Crippen LogP contribution in [0.15, 0.2) is 18.2 Å². The van der Waals surface area contributed by atoms with Gasteiger partial charge in [-0.1, -0.05) is 13.0 Å². The Morgan fingerprint density at radius 1 is 1.36 bits per heavy atom. The Kier molecular flexibility index (Phi) is 6.67. The molecule has 0 saturated carbocycles. The largest absolute Gasteiger partial charge is 0.493 e. The van der Waals surface area contributed by atoms with Crippen molar-refractivity contribution in [3.8, 4) is 11.5 Å². The van der Waals surface area contributed by atoms with Crippen LogP contribution in [0.4, 0.5) is 0 Å². The summed E-state index contributed by atoms with van der Waals surface area (Å²) in [6.45, 7) is 7.23. The van der Waals surface area contributed by atoms with Crippen LogP contribution in [0.25, 0.3) is 0 Å². The molecule has 140 valence electrons. The van der Waals surface area contributed by atoms with E-state index < -0.39 is 0 Å². The van der Waals surface area contributed by atoms with E-state index in [0.717, 1.165) is 31.5 Å². The van der Waals surface area contributed by atoms with Crippen LogP contribution in [0.2, 0.25) is 0 Å². The Hall–Kier alpha value is -1.79. The Bertz CT molecular complexity index is 593. The molecule has 1 aromatic carbocycles. The molecule has 0 radical (unpaired) electrons. The molecule has 1 aliphatic rings. The summed E-state index contributed by atoms with van der Waals surface area (Å²) in [5.74, 6) is 1.49. The molecule has 3 N–H and O–H groups in total. The highest BCUT2D eigenvalue weighted by atomic mass is 16.5. The molecule has 6 heteroatoms. The molecule has 1 aliphatic heterocycles. The van der Waals surface area contributed by atoms with Crippen molar-refractivity contribution >= 4 is 5.91 Å². The van der Waals surface area contributed by atoms with E-state index in [1.165, 1.54) is 0 Å². The first-order chi connectivity index (χ1) is 11.9. The number of benzene rings is 1. The second-order valence-corrected chi connectivity index (χ2v) is 7.14. The van der Waals surface area contributed by atoms with Crippen molar-refractivity contribution in [1.82, 2.24) is 10.2 Å². The van der Waals surface area contributed by atoms with Crippen LogP contribution in [-0.2, 0) is 11.2 Å². The number of hydrogen-bond acceptors (Lipinski definition) is 5. The van der Waals surface area contributed by atoms with Gasteiger partial charge in [-0.25, -0.2) is 0 Å². The van der Waals surface area contributed by atoms with Gasteiger partial charge < -0.3 is 20.5 Å². The first kappa shape index (κ1) is 19.5. The molecular weight excluding hydrogens is 318 g/mol. The topological polar surface area (TPSA) is 76.8 Å². The first-order valence-electron chi connectivity index (χ1n) is 8.85. The second-order valence-electron chi connectivity index (χ2n) is 7.14. The number of nitrogens with two attached hydrogens (primary N) is 1. The van der Waals surface area contributed by atoms with E-state index in [2.05, 4.69) is 17.1 Å². The number of nitrogens with zero attached hydrogens (tertiary/aromatic N) is 1. The summed E-state index contributed by atoms with van der Waals surface area (Å²) in [6, 6.07) is 5.70. The van der Waals surface area contributed by atoms with E-state index in [1.807, 2.05) is 25.1 Å². The highest BCUT2D eigenvalue weighted by Crippen LogP contribution is 2.30. The molecule has 0 aromatic heterocycles. The fourth-order valence-electron chi connectivity index (χ4n) is 3.24. The van der Waals surface area contributed by atoms with E-state index in [0.29, 0.717) is 24.6 Å². The lowest BCUT2D eigenvalue weighted by Gasteiger charge is -2.26. The maximum atomic E-state index is 12.4. The van der Waals surface area contributed by atoms with E-state index in [9.17, 15) is 4.79 Å². The molecule has 6 nitrogen and oxygen atoms in total. The van der Waals surface area contributed by atoms with Gasteiger partial charge in [0.25, 0.3) is 0 Å². The number of methoxy groups -OCH3 is 2. The number of hydrogen-bond donors (Lipinski definition) is 2. The highest BCUT2D eigenvalue weighted by molar-refractivity contribution is 5.81. The third kappa shape index (κ3) is 4.86. The maximum Gasteiger partial charge on any atom is 0.237 e. The lowest BCUT2D eigenvalue weighted by Crippen LogP contribution is -2.45. The second kappa shape index (κ2) is 8.54. The lowest BCUT2D eigenvalue weighted by atomic mass is 9.90. The van der Waals surface area contributed by atoms with Crippen LogP contribution in [0, 0.1) is 5.41 Å². The summed E-state index contributed by atoms with van der Waals surface area (Å²) in [4.78, 5) is 14.6. The summed E-state index contributed by atoms with van der Waals surface area (Å²) in [6.07, 6.45) is 1.80. The molecule has 1 fully saturated rings. The number of carbonyl (C=O) groups excluding carboxylic acids is 1. The fourth-order valence-corrected chi connectivity index (χ4v) is 3.24. The summed E-state index contributed by atoms with van der Waals surface area (Å²) in [5, 5.41) is 3.04. The summed E-state index contributed by atoms with van der Waals surface area (Å²) >= 11 is 0. The number of nitrogens with one attached hydrogen (secondary N) is 1. The van der Waals surface area contributed by atoms with Crippen LogP contribution in [0.1, 0.15) is 25.8 Å². The molecule has 2 unspecified atom stereocenters. The van der Waals surface area contributed by atoms with Gasteiger partial charge in [0.1, 0.15) is 0 Å². The Morgan fingerprint density at radius 3 is 2.68 bits per heavy atom. The molecule has 1 aromatic rings. The third-order valence-corrected chi connectivity index (χ3v) is 5.17. The molecule has 0 aliphatic carbocycles. The number of rotatable bonds is 8. The zero-order valence-corrected chi connectivity index (χ0v) is 15.8. The van der Waals surface area contributed by atoms with Crippen molar-refractivity contribution < 1.29 is 14.3 Å². The van der Waals surface area contributed by atoms with Crippen LogP contribution in [0.5, 0.6) is 11.5 Å². The average molecular weight is 349 g/mol. The molecule has 1 heterocycles. The van der Waals surface area contributed by atoms with Gasteiger partial charge in [0.2, 0.25) is 5.91 Å². The van der Waals surface area contributed by atoms with Crippen molar-refractivity contribution in [3.63, 3.8) is 0 Å². The van der Waals surface area contributed by atoms with Crippen LogP contribution >= 0.6 is 0 Å². The maximum absolute atomic E-state index is 12.4. The minimum atomic E-state index is -0.126. The Balaban J connectivity index is 1.82. The van der Waals surface area contributed by atoms with Crippen molar-refractivity contribution in [2.45, 2.75) is 32.7 Å². The number of amides is 1. The fraction of sp³-hybridized carbons (Fsp3) is 0.632. The number of likely N-dealkylation sites (tertiary alicyclic amines) is 1. The minimum absolute atomic E-state index is 0.0711. The number of ether oxygens (including phenoxy) is 2. The molecule has 2 rings (SSSR count). The zero-order chi connectivity index (χ0) is 18.4. The summed E-state index contributed by atoms with van der Waals surface area (Å²) in [7, 11) is 3.24. The number of carbonyl (C=O) groups is 1. The van der Waals surface area contributed by atoms with Crippen molar-refractivity contribution in [2.24, 2.45) is 11.1 Å². The van der Waals surface area contributed by atoms with Crippen LogP contribution < -0.4 is 20.5 Å². The monoisotopic (exact) mass is 349 g/mol. The van der Waals surface area contributed by atoms with Gasteiger partial charge in [-0.2, -0.15) is 0 Å². The van der Waals surface area contributed by atoms with Crippen LogP contribution in [-0.4, -0.2) is 57.2 Å². The molecule has 0 bridgehead atoms. The van der Waals surface area contributed by atoms with E-state index >= 15 is 0 Å². The molecule has 1 amide bonds. The zero-order valence-electron chi connectivity index (χ0n) is 15.8. The molecule has 25 heavy (non-hydrogen) atoms. The molecule has 1 saturated heterocycles. The van der Waals surface area contributed by atoms with Gasteiger partial charge in [0.15, 0.2) is 11.5 Å². The SMILES string of the molecule is COc1ccc(CCNC(=O)C(C)N2CCC(C)(CN)C2)cc1OC. The smallest absolute Gasteiger partial charge is 0.237 e. The molecular formula is C19H31N3O3. The lowest BCUT2D eigenvalue weighted by molar-refractivity contribution is -0.125. The summed E-state index contributed by atoms with van der Waals surface area (Å²) < 4.78 is 10.6. The van der Waals surface area contributed by atoms with Gasteiger partial charge in [-0.3, -0.25) is 9.69 Å². The Morgan fingerprint density at radius 2 is 2.08 bits per heavy atom. The highest BCUT2D eigenvalue weighted by Gasteiger charge is 2.36. The standard InChI is InChI=1S/C19H31N3O3/c1-14(22-10-8-19(2,12-20)13-22)18(23)21-9-7-15-5-6-16(24-3)17(11-15)25-4/h5-6,11,14H,7-10,12-13,20H2,1-4H3,(H,21,23). The Labute approximate surface area is 150 Å². The minimum Gasteiger partial charge on any atom is -0.493 e. The van der Waals surface area contributed by atoms with Gasteiger partial charge in [0.05, 0.1) is 20.3 Å². The third-order valence-electron chi connectivity index (χ3n) is 5.17. The van der Waals surface area contributed by atoms with E-state index in [4.69, 9.17) is 15.2 Å². The first-order valence-corrected chi connectivity index (χ1v) is 8.85. The van der Waals surface area contributed by atoms with Gasteiger partial charge >= 0.3 is 0 Å². The van der Waals surface area contributed by atoms with Crippen molar-refractivity contribution in [2.75, 3.05) is 40.4 Å². The molecule has 2 atom stereocenters. The normalized spacial score (nSPS) is 21.8. The summed E-state index contributed by atoms with van der Waals surface area (Å²) in [5.41, 5.74) is 7.08.